The number of aromatic nitrogens is 6. The Morgan fingerprint density at radius 1 is 1.00 bits per heavy atom. The first-order valence-corrected chi connectivity index (χ1v) is 13.0. The zero-order valence-electron chi connectivity index (χ0n) is 22.1. The number of carboxylic acid groups (broad SMARTS) is 1. The highest BCUT2D eigenvalue weighted by Gasteiger charge is 2.22. The molecule has 5 rings (SSSR count). The van der Waals surface area contributed by atoms with Crippen molar-refractivity contribution in [1.82, 2.24) is 30.2 Å². The molecule has 11 nitrogen and oxygen atoms in total. The van der Waals surface area contributed by atoms with Gasteiger partial charge in [-0.25, -0.2) is 4.79 Å². The number of tetrazole rings is 1. The van der Waals surface area contributed by atoms with Gasteiger partial charge in [0.25, 0.3) is 6.01 Å². The van der Waals surface area contributed by atoms with E-state index in [1.54, 1.807) is 10.6 Å². The Morgan fingerprint density at radius 3 is 2.45 bits per heavy atom. The number of nitrogens with one attached hydrogen (secondary N) is 1. The minimum atomic E-state index is -1.09. The fourth-order valence-electron chi connectivity index (χ4n) is 4.56. The Labute approximate surface area is 229 Å². The van der Waals surface area contributed by atoms with E-state index < -0.39 is 5.97 Å². The molecule has 0 spiro atoms. The van der Waals surface area contributed by atoms with Crippen LogP contribution in [0.2, 0.25) is 0 Å². The molecule has 0 saturated heterocycles. The molecule has 3 aromatic carbocycles. The predicted octanol–water partition coefficient (Wildman–Crippen LogP) is 4.87. The number of fused-ring (bicyclic) bond motifs is 1. The lowest BCUT2D eigenvalue weighted by atomic mass is 9.98. The van der Waals surface area contributed by atoms with Gasteiger partial charge in [-0.3, -0.25) is 9.36 Å². The lowest BCUT2D eigenvalue weighted by Crippen LogP contribution is -2.09. The summed E-state index contributed by atoms with van der Waals surface area (Å²) < 4.78 is 13.0. The molecule has 0 atom stereocenters. The van der Waals surface area contributed by atoms with Crippen molar-refractivity contribution in [3.8, 4) is 28.5 Å². The highest BCUT2D eigenvalue weighted by atomic mass is 16.5. The number of aromatic carboxylic acids is 1. The quantitative estimate of drug-likeness (QED) is 0.224. The molecule has 0 radical (unpaired) electrons. The molecular formula is C29H28N6O5. The van der Waals surface area contributed by atoms with E-state index >= 15 is 0 Å². The summed E-state index contributed by atoms with van der Waals surface area (Å²) in [6, 6.07) is 19.2. The molecule has 0 fully saturated rings. The van der Waals surface area contributed by atoms with Gasteiger partial charge in [-0.15, -0.1) is 10.2 Å². The van der Waals surface area contributed by atoms with Crippen LogP contribution in [0.15, 0.2) is 60.7 Å². The van der Waals surface area contributed by atoms with Crippen LogP contribution in [0, 0.1) is 0 Å². The lowest BCUT2D eigenvalue weighted by molar-refractivity contribution is -0.144. The van der Waals surface area contributed by atoms with Crippen LogP contribution in [0.4, 0.5) is 0 Å². The number of esters is 1. The number of carboxylic acids is 1. The van der Waals surface area contributed by atoms with Crippen LogP contribution in [-0.2, 0) is 22.7 Å². The topological polar surface area (TPSA) is 145 Å². The molecule has 0 amide bonds. The molecule has 0 saturated carbocycles. The van der Waals surface area contributed by atoms with E-state index in [0.29, 0.717) is 54.4 Å². The van der Waals surface area contributed by atoms with Crippen molar-refractivity contribution in [2.45, 2.75) is 39.8 Å². The van der Waals surface area contributed by atoms with Crippen LogP contribution in [0.3, 0.4) is 0 Å². The molecule has 2 heterocycles. The normalized spacial score (nSPS) is 11.1. The number of ether oxygens (including phenoxy) is 2. The molecule has 11 heteroatoms. The molecule has 204 valence electrons. The summed E-state index contributed by atoms with van der Waals surface area (Å²) in [7, 11) is 0. The van der Waals surface area contributed by atoms with Crippen molar-refractivity contribution in [1.29, 1.82) is 0 Å². The maximum Gasteiger partial charge on any atom is 0.337 e. The van der Waals surface area contributed by atoms with Gasteiger partial charge in [0.1, 0.15) is 6.61 Å². The van der Waals surface area contributed by atoms with Crippen LogP contribution in [0.1, 0.15) is 48.2 Å². The first-order chi connectivity index (χ1) is 19.5. The van der Waals surface area contributed by atoms with E-state index in [2.05, 4.69) is 25.6 Å². The zero-order chi connectivity index (χ0) is 28.1. The second kappa shape index (κ2) is 11.8. The molecule has 40 heavy (non-hydrogen) atoms. The molecule has 0 bridgehead atoms. The van der Waals surface area contributed by atoms with E-state index in [4.69, 9.17) is 9.47 Å². The minimum Gasteiger partial charge on any atom is -0.478 e. The Morgan fingerprint density at radius 2 is 1.77 bits per heavy atom. The summed E-state index contributed by atoms with van der Waals surface area (Å²) in [5.74, 6) is -0.899. The van der Waals surface area contributed by atoms with E-state index in [9.17, 15) is 14.7 Å². The predicted molar refractivity (Wildman–Crippen MR) is 147 cm³/mol. The van der Waals surface area contributed by atoms with E-state index in [0.717, 1.165) is 22.3 Å². The molecule has 2 N–H and O–H groups in total. The summed E-state index contributed by atoms with van der Waals surface area (Å²) in [5.41, 5.74) is 5.21. The molecule has 0 aliphatic carbocycles. The smallest absolute Gasteiger partial charge is 0.337 e. The lowest BCUT2D eigenvalue weighted by Gasteiger charge is -2.12. The van der Waals surface area contributed by atoms with Gasteiger partial charge in [-0.05, 0) is 41.3 Å². The number of hydrogen-bond donors (Lipinski definition) is 2. The Balaban J connectivity index is 1.52. The van der Waals surface area contributed by atoms with Crippen molar-refractivity contribution in [3.63, 3.8) is 0 Å². The first kappa shape index (κ1) is 26.5. The number of H-pyrrole nitrogens is 1. The molecule has 5 aromatic rings. The maximum absolute atomic E-state index is 12.2. The minimum absolute atomic E-state index is 0.00764. The number of imidazole rings is 1. The van der Waals surface area contributed by atoms with Gasteiger partial charge >= 0.3 is 11.9 Å². The molecule has 0 unspecified atom stereocenters. The van der Waals surface area contributed by atoms with Gasteiger partial charge in [0, 0.05) is 17.5 Å². The Bertz CT molecular complexity index is 1640. The summed E-state index contributed by atoms with van der Waals surface area (Å²) in [4.78, 5) is 28.8. The molecule has 0 aliphatic heterocycles. The molecule has 0 aliphatic rings. The van der Waals surface area contributed by atoms with Gasteiger partial charge in [0.15, 0.2) is 0 Å². The average molecular weight is 541 g/mol. The SMILES string of the molecule is CCCC(=O)OCc1ccc(C(=O)O)c2c1nc(OCC)n2Cc1ccc(-c2ccccc2-c2nn[nH]n2)cc1. The summed E-state index contributed by atoms with van der Waals surface area (Å²) in [6.07, 6.45) is 0.987. The van der Waals surface area contributed by atoms with Crippen molar-refractivity contribution in [2.75, 3.05) is 6.61 Å². The Kier molecular flexibility index (Phi) is 7.81. The van der Waals surface area contributed by atoms with Gasteiger partial charge in [0.2, 0.25) is 5.82 Å². The van der Waals surface area contributed by atoms with Gasteiger partial charge in [0.05, 0.1) is 29.7 Å². The number of carbonyl (C=O) groups is 2. The molecular weight excluding hydrogens is 512 g/mol. The highest BCUT2D eigenvalue weighted by molar-refractivity contribution is 6.02. The summed E-state index contributed by atoms with van der Waals surface area (Å²) in [5, 5.41) is 24.4. The van der Waals surface area contributed by atoms with Crippen LogP contribution >= 0.6 is 0 Å². The van der Waals surface area contributed by atoms with Crippen LogP contribution < -0.4 is 4.74 Å². The largest absolute Gasteiger partial charge is 0.478 e. The van der Waals surface area contributed by atoms with Gasteiger partial charge in [-0.2, -0.15) is 10.2 Å². The summed E-state index contributed by atoms with van der Waals surface area (Å²) in [6.45, 7) is 4.39. The van der Waals surface area contributed by atoms with Gasteiger partial charge < -0.3 is 14.6 Å². The number of benzene rings is 3. The van der Waals surface area contributed by atoms with E-state index in [1.165, 1.54) is 6.07 Å². The van der Waals surface area contributed by atoms with E-state index in [1.807, 2.05) is 62.4 Å². The zero-order valence-corrected chi connectivity index (χ0v) is 22.1. The number of aromatic amines is 1. The molecule has 2 aromatic heterocycles. The first-order valence-electron chi connectivity index (χ1n) is 13.0. The van der Waals surface area contributed by atoms with Crippen molar-refractivity contribution >= 4 is 23.0 Å². The third-order valence-electron chi connectivity index (χ3n) is 6.41. The van der Waals surface area contributed by atoms with E-state index in [-0.39, 0.29) is 18.1 Å². The van der Waals surface area contributed by atoms with Crippen LogP contribution in [-0.4, -0.2) is 53.8 Å². The second-order valence-electron chi connectivity index (χ2n) is 9.08. The fourth-order valence-corrected chi connectivity index (χ4v) is 4.56. The second-order valence-corrected chi connectivity index (χ2v) is 9.08. The number of carbonyl (C=O) groups excluding carboxylic acids is 1. The summed E-state index contributed by atoms with van der Waals surface area (Å²) >= 11 is 0. The third-order valence-corrected chi connectivity index (χ3v) is 6.41. The van der Waals surface area contributed by atoms with Crippen molar-refractivity contribution in [2.24, 2.45) is 0 Å². The van der Waals surface area contributed by atoms with Crippen molar-refractivity contribution in [3.05, 3.63) is 77.4 Å². The van der Waals surface area contributed by atoms with Gasteiger partial charge in [-0.1, -0.05) is 61.5 Å². The maximum atomic E-state index is 12.2. The van der Waals surface area contributed by atoms with Crippen LogP contribution in [0.25, 0.3) is 33.5 Å². The number of hydrogen-bond acceptors (Lipinski definition) is 8. The third kappa shape index (κ3) is 5.39. The number of nitrogens with zero attached hydrogens (tertiary/aromatic N) is 5. The highest BCUT2D eigenvalue weighted by Crippen LogP contribution is 2.32. The average Bonchev–Trinajstić information content (AvgIpc) is 3.62. The standard InChI is InChI=1S/C29H28N6O5/c1-3-7-24(36)40-17-20-14-15-23(28(37)38)26-25(20)30-29(39-4-2)35(26)16-18-10-12-19(13-11-18)21-8-5-6-9-22(21)27-31-33-34-32-27/h5-6,8-15H,3-4,7,16-17H2,1-2H3,(H,37,38)(H,31,32,33,34). The Hall–Kier alpha value is -5.06. The van der Waals surface area contributed by atoms with Crippen LogP contribution in [0.5, 0.6) is 6.01 Å². The van der Waals surface area contributed by atoms with Crippen molar-refractivity contribution < 1.29 is 24.2 Å². The monoisotopic (exact) mass is 540 g/mol. The fraction of sp³-hybridized carbons (Fsp3) is 0.241. The number of rotatable bonds is 11.